The van der Waals surface area contributed by atoms with Gasteiger partial charge in [-0.1, -0.05) is 48.8 Å². The topological polar surface area (TPSA) is 3.24 Å². The van der Waals surface area contributed by atoms with E-state index in [0.29, 0.717) is 5.41 Å². The molecule has 2 fully saturated rings. The minimum Gasteiger partial charge on any atom is -0.300 e. The molecule has 1 aromatic rings. The van der Waals surface area contributed by atoms with Crippen LogP contribution in [-0.2, 0) is 5.41 Å². The van der Waals surface area contributed by atoms with Gasteiger partial charge in [-0.15, -0.1) is 0 Å². The van der Waals surface area contributed by atoms with Crippen LogP contribution in [0.2, 0.25) is 0 Å². The highest BCUT2D eigenvalue weighted by atomic mass is 79.9. The Morgan fingerprint density at radius 1 is 1.05 bits per heavy atom. The summed E-state index contributed by atoms with van der Waals surface area (Å²) in [7, 11) is 0. The van der Waals surface area contributed by atoms with Gasteiger partial charge < -0.3 is 4.90 Å². The minimum absolute atomic E-state index is 0.395. The Morgan fingerprint density at radius 2 is 1.58 bits per heavy atom. The third-order valence-electron chi connectivity index (χ3n) is 4.51. The van der Waals surface area contributed by atoms with Crippen LogP contribution in [0.5, 0.6) is 0 Å². The molecule has 0 radical (unpaired) electrons. The summed E-state index contributed by atoms with van der Waals surface area (Å²) in [6, 6.07) is 9.86. The van der Waals surface area contributed by atoms with Crippen molar-refractivity contribution in [3.63, 3.8) is 0 Å². The Balaban J connectivity index is 0.000000637. The largest absolute Gasteiger partial charge is 0.300 e. The number of likely N-dealkylation sites (tertiary alicyclic amines) is 1. The fourth-order valence-corrected chi connectivity index (χ4v) is 3.23. The van der Waals surface area contributed by atoms with E-state index < -0.39 is 0 Å². The number of halogens is 1. The molecule has 1 aliphatic heterocycles. The first kappa shape index (κ1) is 15.1. The fraction of sp³-hybridized carbons (Fsp3) is 0.647. The first-order valence-corrected chi connectivity index (χ1v) is 8.47. The number of piperidine rings is 1. The molecule has 19 heavy (non-hydrogen) atoms. The van der Waals surface area contributed by atoms with E-state index in [9.17, 15) is 0 Å². The van der Waals surface area contributed by atoms with Gasteiger partial charge in [-0.2, -0.15) is 0 Å². The normalized spacial score (nSPS) is 22.5. The molecule has 0 bridgehead atoms. The molecular formula is C17H26BrN. The number of nitrogens with zero attached hydrogens (tertiary/aromatic N) is 1. The van der Waals surface area contributed by atoms with Crippen molar-refractivity contribution in [3.05, 3.63) is 34.3 Å². The third-order valence-corrected chi connectivity index (χ3v) is 5.03. The fourth-order valence-electron chi connectivity index (χ4n) is 2.96. The molecule has 3 rings (SSSR count). The second-order valence-corrected chi connectivity index (χ2v) is 6.75. The van der Waals surface area contributed by atoms with Gasteiger partial charge in [0.2, 0.25) is 0 Å². The van der Waals surface area contributed by atoms with Crippen molar-refractivity contribution in [3.8, 4) is 0 Å². The highest BCUT2D eigenvalue weighted by Crippen LogP contribution is 2.38. The summed E-state index contributed by atoms with van der Waals surface area (Å²) in [6.45, 7) is 9.01. The van der Waals surface area contributed by atoms with E-state index in [1.165, 1.54) is 48.8 Å². The quantitative estimate of drug-likeness (QED) is 0.741. The summed E-state index contributed by atoms with van der Waals surface area (Å²) in [6.07, 6.45) is 5.50. The van der Waals surface area contributed by atoms with Crippen LogP contribution in [0.4, 0.5) is 0 Å². The summed E-state index contributed by atoms with van der Waals surface area (Å²) in [5.41, 5.74) is 1.91. The van der Waals surface area contributed by atoms with E-state index in [1.54, 1.807) is 0 Å². The second-order valence-electron chi connectivity index (χ2n) is 5.83. The lowest BCUT2D eigenvalue weighted by atomic mass is 9.74. The Morgan fingerprint density at radius 3 is 2.05 bits per heavy atom. The average molecular weight is 324 g/mol. The molecule has 0 atom stereocenters. The Bertz CT molecular complexity index is 386. The van der Waals surface area contributed by atoms with Crippen LogP contribution in [0.15, 0.2) is 28.7 Å². The molecule has 0 aromatic heterocycles. The Labute approximate surface area is 126 Å². The Hall–Kier alpha value is -0.340. The van der Waals surface area contributed by atoms with E-state index >= 15 is 0 Å². The van der Waals surface area contributed by atoms with Crippen molar-refractivity contribution < 1.29 is 0 Å². The van der Waals surface area contributed by atoms with Gasteiger partial charge in [-0.25, -0.2) is 0 Å². The monoisotopic (exact) mass is 323 g/mol. The number of rotatable bonds is 2. The van der Waals surface area contributed by atoms with Crippen LogP contribution >= 0.6 is 15.9 Å². The molecule has 106 valence electrons. The van der Waals surface area contributed by atoms with Crippen LogP contribution < -0.4 is 0 Å². The van der Waals surface area contributed by atoms with E-state index in [1.807, 2.05) is 13.8 Å². The van der Waals surface area contributed by atoms with E-state index in [4.69, 9.17) is 0 Å². The summed E-state index contributed by atoms with van der Waals surface area (Å²) < 4.78 is 1.18. The van der Waals surface area contributed by atoms with E-state index in [0.717, 1.165) is 6.04 Å². The molecular weight excluding hydrogens is 298 g/mol. The average Bonchev–Trinajstić information content (AvgIpc) is 3.27. The first-order valence-electron chi connectivity index (χ1n) is 7.67. The third kappa shape index (κ3) is 3.61. The molecule has 0 amide bonds. The standard InChI is InChI=1S/C15H20BrN.C2H6/c1-15(12-2-4-13(16)5-3-12)8-10-17(11-9-15)14-6-7-14;1-2/h2-5,14H,6-11H2,1H3;1-2H3. The van der Waals surface area contributed by atoms with Gasteiger partial charge in [0.15, 0.2) is 0 Å². The van der Waals surface area contributed by atoms with Crippen LogP contribution in [0.3, 0.4) is 0 Å². The summed E-state index contributed by atoms with van der Waals surface area (Å²) in [5, 5.41) is 0. The zero-order valence-electron chi connectivity index (χ0n) is 12.5. The maximum Gasteiger partial charge on any atom is 0.0175 e. The summed E-state index contributed by atoms with van der Waals surface area (Å²) >= 11 is 3.52. The number of benzene rings is 1. The smallest absolute Gasteiger partial charge is 0.0175 e. The van der Waals surface area contributed by atoms with Crippen molar-refractivity contribution in [1.82, 2.24) is 4.90 Å². The molecule has 0 unspecified atom stereocenters. The van der Waals surface area contributed by atoms with E-state index in [2.05, 4.69) is 52.0 Å². The second kappa shape index (κ2) is 6.41. The van der Waals surface area contributed by atoms with Gasteiger partial charge in [-0.3, -0.25) is 0 Å². The van der Waals surface area contributed by atoms with Crippen molar-refractivity contribution in [2.24, 2.45) is 0 Å². The lowest BCUT2D eigenvalue weighted by Gasteiger charge is -2.40. The molecule has 1 saturated heterocycles. The maximum atomic E-state index is 3.52. The molecule has 0 N–H and O–H groups in total. The van der Waals surface area contributed by atoms with Crippen molar-refractivity contribution >= 4 is 15.9 Å². The Kier molecular flexibility index (Phi) is 5.08. The van der Waals surface area contributed by atoms with Gasteiger partial charge in [0.05, 0.1) is 0 Å². The van der Waals surface area contributed by atoms with Crippen molar-refractivity contribution in [1.29, 1.82) is 0 Å². The van der Waals surface area contributed by atoms with Gasteiger partial charge in [0.25, 0.3) is 0 Å². The van der Waals surface area contributed by atoms with Crippen LogP contribution in [0.1, 0.15) is 52.0 Å². The lowest BCUT2D eigenvalue weighted by molar-refractivity contribution is 0.161. The van der Waals surface area contributed by atoms with Crippen LogP contribution in [0.25, 0.3) is 0 Å². The minimum atomic E-state index is 0.395. The van der Waals surface area contributed by atoms with Gasteiger partial charge in [-0.05, 0) is 61.9 Å². The molecule has 2 heteroatoms. The molecule has 2 aliphatic rings. The first-order chi connectivity index (χ1) is 9.17. The number of hydrogen-bond acceptors (Lipinski definition) is 1. The highest BCUT2D eigenvalue weighted by Gasteiger charge is 2.37. The van der Waals surface area contributed by atoms with Gasteiger partial charge in [0.1, 0.15) is 0 Å². The predicted octanol–water partition coefficient (Wildman–Crippen LogP) is 4.99. The maximum absolute atomic E-state index is 3.52. The molecule has 1 heterocycles. The predicted molar refractivity (Wildman–Crippen MR) is 86.7 cm³/mol. The zero-order valence-corrected chi connectivity index (χ0v) is 14.0. The van der Waals surface area contributed by atoms with Crippen molar-refractivity contribution in [2.75, 3.05) is 13.1 Å². The molecule has 1 nitrogen and oxygen atoms in total. The zero-order chi connectivity index (χ0) is 13.9. The number of hydrogen-bond donors (Lipinski definition) is 0. The van der Waals surface area contributed by atoms with Crippen molar-refractivity contribution in [2.45, 2.75) is 57.9 Å². The summed E-state index contributed by atoms with van der Waals surface area (Å²) in [5.74, 6) is 0. The SMILES string of the molecule is CC.CC1(c2ccc(Br)cc2)CCN(C2CC2)CC1. The van der Waals surface area contributed by atoms with Gasteiger partial charge >= 0.3 is 0 Å². The van der Waals surface area contributed by atoms with Crippen LogP contribution in [-0.4, -0.2) is 24.0 Å². The van der Waals surface area contributed by atoms with Crippen LogP contribution in [0, 0.1) is 0 Å². The molecule has 1 aliphatic carbocycles. The summed E-state index contributed by atoms with van der Waals surface area (Å²) in [4.78, 5) is 2.70. The molecule has 1 saturated carbocycles. The van der Waals surface area contributed by atoms with E-state index in [-0.39, 0.29) is 0 Å². The molecule has 0 spiro atoms. The lowest BCUT2D eigenvalue weighted by Crippen LogP contribution is -2.41. The van der Waals surface area contributed by atoms with Gasteiger partial charge in [0, 0.05) is 10.5 Å². The highest BCUT2D eigenvalue weighted by molar-refractivity contribution is 9.10. The molecule has 1 aromatic carbocycles.